The van der Waals surface area contributed by atoms with Gasteiger partial charge in [0.05, 0.1) is 41.6 Å². The number of fused-ring (bicyclic) bond motifs is 5. The molecule has 2 saturated heterocycles. The summed E-state index contributed by atoms with van der Waals surface area (Å²) < 4.78 is 43.4. The van der Waals surface area contributed by atoms with Gasteiger partial charge in [-0.15, -0.1) is 0 Å². The van der Waals surface area contributed by atoms with Crippen LogP contribution >= 0.6 is 23.2 Å². The Kier molecular flexibility index (Phi) is 12.7. The molecule has 0 aliphatic carbocycles. The molecule has 3 aliphatic rings. The number of methoxy groups -OCH3 is 2. The number of halogens is 3. The van der Waals surface area contributed by atoms with Gasteiger partial charge < -0.3 is 44.3 Å². The van der Waals surface area contributed by atoms with Gasteiger partial charge in [0.2, 0.25) is 5.91 Å². The first-order valence-corrected chi connectivity index (χ1v) is 18.6. The molecule has 3 amide bonds. The minimum absolute atomic E-state index is 0.101. The van der Waals surface area contributed by atoms with Crippen molar-refractivity contribution < 1.29 is 52.4 Å². The first-order valence-electron chi connectivity index (χ1n) is 17.8. The Morgan fingerprint density at radius 2 is 1.89 bits per heavy atom. The van der Waals surface area contributed by atoms with Gasteiger partial charge in [-0.3, -0.25) is 14.9 Å². The summed E-state index contributed by atoms with van der Waals surface area (Å²) in [5, 5.41) is 14.3. The lowest BCUT2D eigenvalue weighted by Gasteiger charge is -2.42. The van der Waals surface area contributed by atoms with Gasteiger partial charge in [-0.25, -0.2) is 14.0 Å². The topological polar surface area (TPSA) is 182 Å². The van der Waals surface area contributed by atoms with E-state index < -0.39 is 83.8 Å². The summed E-state index contributed by atoms with van der Waals surface area (Å²) >= 11 is 13.0. The van der Waals surface area contributed by atoms with E-state index in [2.05, 4.69) is 5.32 Å². The average molecular weight is 822 g/mol. The number of likely N-dealkylation sites (N-methyl/N-ethyl adjacent to an activating group) is 1. The van der Waals surface area contributed by atoms with Crippen molar-refractivity contribution in [2.45, 2.75) is 88.7 Å². The Morgan fingerprint density at radius 3 is 2.55 bits per heavy atom. The maximum Gasteiger partial charge on any atom is 0.409 e. The normalized spacial score (nSPS) is 30.1. The fourth-order valence-corrected chi connectivity index (χ4v) is 7.66. The van der Waals surface area contributed by atoms with Crippen LogP contribution in [0.4, 0.5) is 20.6 Å². The largest absolute Gasteiger partial charge is 0.495 e. The van der Waals surface area contributed by atoms with Gasteiger partial charge in [0.15, 0.2) is 5.72 Å². The predicted octanol–water partition coefficient (Wildman–Crippen LogP) is 5.20. The number of carbonyl (C=O) groups is 4. The molecule has 1 unspecified atom stereocenters. The number of allylic oxidation sites excluding steroid dienone is 3. The number of nitrogen functional groups attached to an aromatic ring is 1. The highest BCUT2D eigenvalue weighted by Crippen LogP contribution is 2.49. The number of amides is 3. The van der Waals surface area contributed by atoms with Crippen molar-refractivity contribution >= 4 is 58.5 Å². The van der Waals surface area contributed by atoms with Gasteiger partial charge in [0.25, 0.3) is 5.91 Å². The average Bonchev–Trinajstić information content (AvgIpc) is 3.84. The molecule has 4 N–H and O–H groups in total. The molecule has 2 aromatic rings. The maximum absolute atomic E-state index is 14.3. The number of carbonyl (C=O) groups excluding carboxylic acids is 4. The number of alkyl carbamates (subject to hydrolysis) is 1. The van der Waals surface area contributed by atoms with Crippen molar-refractivity contribution in [3.8, 4) is 5.75 Å². The molecule has 0 saturated carbocycles. The molecule has 0 aromatic heterocycles. The number of nitrogens with one attached hydrogen (secondary N) is 1. The lowest BCUT2D eigenvalue weighted by atomic mass is 9.83. The third kappa shape index (κ3) is 8.61. The van der Waals surface area contributed by atoms with Gasteiger partial charge in [0.1, 0.15) is 46.5 Å². The lowest BCUT2D eigenvalue weighted by molar-refractivity contribution is -0.158. The first kappa shape index (κ1) is 42.7. The van der Waals surface area contributed by atoms with Gasteiger partial charge in [-0.1, -0.05) is 53.9 Å². The zero-order chi connectivity index (χ0) is 41.4. The minimum Gasteiger partial charge on any atom is -0.495 e. The van der Waals surface area contributed by atoms with Crippen molar-refractivity contribution in [2.24, 2.45) is 5.92 Å². The van der Waals surface area contributed by atoms with E-state index in [1.165, 1.54) is 40.1 Å². The number of nitrogens with two attached hydrogens (primary N) is 1. The molecule has 5 rings (SSSR count). The second-order valence-electron chi connectivity index (χ2n) is 14.7. The van der Waals surface area contributed by atoms with E-state index in [-0.39, 0.29) is 27.7 Å². The number of benzene rings is 2. The molecule has 0 radical (unpaired) electrons. The molecule has 0 spiro atoms. The number of hydrogen-bond donors (Lipinski definition) is 3. The van der Waals surface area contributed by atoms with Crippen molar-refractivity contribution in [3.05, 3.63) is 75.1 Å². The van der Waals surface area contributed by atoms with Crippen LogP contribution in [-0.4, -0.2) is 104 Å². The molecule has 17 heteroatoms. The summed E-state index contributed by atoms with van der Waals surface area (Å²) in [6, 6.07) is 4.24. The summed E-state index contributed by atoms with van der Waals surface area (Å²) in [6.07, 6.45) is 0.315. The fourth-order valence-electron chi connectivity index (χ4n) is 7.09. The zero-order valence-corrected chi connectivity index (χ0v) is 33.9. The monoisotopic (exact) mass is 820 g/mol. The zero-order valence-electron chi connectivity index (χ0n) is 32.4. The second kappa shape index (κ2) is 16.6. The summed E-state index contributed by atoms with van der Waals surface area (Å²) in [5.74, 6) is -3.33. The molecule has 2 fully saturated rings. The first-order chi connectivity index (χ1) is 26.2. The maximum atomic E-state index is 14.3. The van der Waals surface area contributed by atoms with Gasteiger partial charge >= 0.3 is 12.1 Å². The highest BCUT2D eigenvalue weighted by atomic mass is 35.5. The van der Waals surface area contributed by atoms with Crippen LogP contribution in [-0.2, 0) is 35.0 Å². The van der Waals surface area contributed by atoms with Crippen LogP contribution in [0.1, 0.15) is 56.5 Å². The van der Waals surface area contributed by atoms with E-state index in [0.717, 1.165) is 28.2 Å². The van der Waals surface area contributed by atoms with E-state index in [0.29, 0.717) is 17.9 Å². The Labute approximate surface area is 334 Å². The van der Waals surface area contributed by atoms with Crippen LogP contribution in [0.3, 0.4) is 0 Å². The molecular weight excluding hydrogens is 774 g/mol. The Bertz CT molecular complexity index is 1960. The standard InChI is InChI=1S/C39H47Cl2FN4O10/c1-19-10-9-11-30(53-8)39(51)18-29(54-37(50)44-39)20(2)34-38(4,56-34)31(17-32(47)46(6)27-13-22(12-19)14-28(52-7)33(27)41)55-36(49)21(3)45(5)35(48)23-15-25(42)26(43)16-24(23)40/h9-11,13-16,20-21,29-31,34,51H,12,17-18,43H2,1-8H3,(H,44,50)/b11-9+,19-10+/t20-,21+,29+,30-,31?,34+,38+,39+/m1/s1. The van der Waals surface area contributed by atoms with Crippen LogP contribution in [0.2, 0.25) is 10.0 Å². The van der Waals surface area contributed by atoms with E-state index in [4.69, 9.17) is 52.6 Å². The predicted molar refractivity (Wildman–Crippen MR) is 206 cm³/mol. The van der Waals surface area contributed by atoms with Crippen LogP contribution < -0.4 is 20.7 Å². The number of epoxide rings is 1. The van der Waals surface area contributed by atoms with Gasteiger partial charge in [0, 0.05) is 33.5 Å². The highest BCUT2D eigenvalue weighted by Gasteiger charge is 2.64. The lowest BCUT2D eigenvalue weighted by Crippen LogP contribution is -2.63. The van der Waals surface area contributed by atoms with Crippen molar-refractivity contribution in [1.82, 2.24) is 10.2 Å². The molecule has 56 heavy (non-hydrogen) atoms. The fraction of sp³-hybridized carbons (Fsp3) is 0.487. The van der Waals surface area contributed by atoms with E-state index >= 15 is 0 Å². The summed E-state index contributed by atoms with van der Waals surface area (Å²) in [5.41, 5.74) is 3.91. The number of aliphatic hydroxyl groups is 1. The minimum atomic E-state index is -1.87. The van der Waals surface area contributed by atoms with Crippen LogP contribution in [0.5, 0.6) is 5.75 Å². The summed E-state index contributed by atoms with van der Waals surface area (Å²) in [4.78, 5) is 56.7. The number of ether oxygens (including phenoxy) is 5. The van der Waals surface area contributed by atoms with Crippen molar-refractivity contribution in [1.29, 1.82) is 0 Å². The smallest absolute Gasteiger partial charge is 0.409 e. The SMILES string of the molecule is COc1cc2cc(c1Cl)N(C)C(=O)CC(OC(=O)[C@H](C)N(C)C(=O)c1cc(F)c(N)cc1Cl)[C@]1(C)O[C@H]1[C@H](C)[C@@H]1C[C@@](O)(NC(=O)O1)[C@H](OC)/C=C/C=C(\C)C2. The van der Waals surface area contributed by atoms with Crippen LogP contribution in [0, 0.1) is 11.7 Å². The number of nitrogens with zero attached hydrogens (tertiary/aromatic N) is 2. The molecule has 4 bridgehead atoms. The molecule has 8 atom stereocenters. The Morgan fingerprint density at radius 1 is 1.20 bits per heavy atom. The number of rotatable bonds is 6. The van der Waals surface area contributed by atoms with Gasteiger partial charge in [-0.05, 0) is 57.0 Å². The number of anilines is 2. The van der Waals surface area contributed by atoms with E-state index in [1.807, 2.05) is 13.0 Å². The molecule has 3 aliphatic heterocycles. The number of esters is 1. The van der Waals surface area contributed by atoms with Crippen molar-refractivity contribution in [2.75, 3.05) is 38.9 Å². The van der Waals surface area contributed by atoms with E-state index in [1.54, 1.807) is 38.1 Å². The molecule has 2 aromatic carbocycles. The molecule has 3 heterocycles. The highest BCUT2D eigenvalue weighted by molar-refractivity contribution is 6.35. The molecule has 14 nitrogen and oxygen atoms in total. The quantitative estimate of drug-likeness (QED) is 0.198. The number of hydrogen-bond acceptors (Lipinski definition) is 11. The second-order valence-corrected chi connectivity index (χ2v) is 15.5. The Balaban J connectivity index is 1.53. The summed E-state index contributed by atoms with van der Waals surface area (Å²) in [6.45, 7) is 6.70. The third-order valence-corrected chi connectivity index (χ3v) is 11.5. The van der Waals surface area contributed by atoms with Crippen LogP contribution in [0.15, 0.2) is 48.1 Å². The van der Waals surface area contributed by atoms with Crippen LogP contribution in [0.25, 0.3) is 0 Å². The van der Waals surface area contributed by atoms with E-state index in [9.17, 15) is 28.7 Å². The summed E-state index contributed by atoms with van der Waals surface area (Å²) in [7, 11) is 5.71. The van der Waals surface area contributed by atoms with Crippen molar-refractivity contribution in [3.63, 3.8) is 0 Å². The van der Waals surface area contributed by atoms with Gasteiger partial charge in [-0.2, -0.15) is 0 Å². The molecule has 304 valence electrons. The third-order valence-electron chi connectivity index (χ3n) is 10.8. The molecular formula is C39H47Cl2FN4O10. The Hall–Kier alpha value is -4.41.